The van der Waals surface area contributed by atoms with Crippen molar-refractivity contribution in [3.63, 3.8) is 0 Å². The van der Waals surface area contributed by atoms with E-state index < -0.39 is 17.7 Å². The second-order valence-electron chi connectivity index (χ2n) is 4.67. The minimum Gasteiger partial charge on any atom is -0.257 e. The number of thiazole rings is 1. The smallest absolute Gasteiger partial charge is 0.257 e. The third-order valence-corrected chi connectivity index (χ3v) is 4.56. The molecule has 0 saturated carbocycles. The molecule has 0 aliphatic heterocycles. The normalized spacial score (nSPS) is 13.0. The fourth-order valence-electron chi connectivity index (χ4n) is 2.06. The summed E-state index contributed by atoms with van der Waals surface area (Å²) in [6.07, 6.45) is -3.86. The lowest BCUT2D eigenvalue weighted by molar-refractivity contribution is -0.137. The van der Waals surface area contributed by atoms with Gasteiger partial charge in [-0.05, 0) is 18.2 Å². The van der Waals surface area contributed by atoms with Crippen LogP contribution in [0.15, 0.2) is 36.5 Å². The summed E-state index contributed by atoms with van der Waals surface area (Å²) in [5.41, 5.74) is -0.163. The number of hydrogen-bond acceptors (Lipinski definition) is 4. The highest BCUT2D eigenvalue weighted by atomic mass is 35.5. The van der Waals surface area contributed by atoms with Gasteiger partial charge >= 0.3 is 6.18 Å². The van der Waals surface area contributed by atoms with E-state index in [0.29, 0.717) is 11.2 Å². The van der Waals surface area contributed by atoms with Crippen molar-refractivity contribution in [1.82, 2.24) is 9.97 Å². The summed E-state index contributed by atoms with van der Waals surface area (Å²) >= 11 is 7.21. The van der Waals surface area contributed by atoms with Gasteiger partial charge < -0.3 is 0 Å². The minimum absolute atomic E-state index is 0.0706. The van der Waals surface area contributed by atoms with Crippen molar-refractivity contribution in [3.05, 3.63) is 57.8 Å². The third-order valence-electron chi connectivity index (χ3n) is 3.16. The number of pyridine rings is 1. The Labute approximate surface area is 138 Å². The van der Waals surface area contributed by atoms with Crippen LogP contribution in [0.4, 0.5) is 13.2 Å². The van der Waals surface area contributed by atoms with Gasteiger partial charge in [-0.1, -0.05) is 23.7 Å². The quantitative estimate of drug-likeness (QED) is 0.650. The molecule has 0 aliphatic carbocycles. The summed E-state index contributed by atoms with van der Waals surface area (Å²) in [6, 6.07) is 10.1. The largest absolute Gasteiger partial charge is 0.417 e. The third kappa shape index (κ3) is 3.00. The van der Waals surface area contributed by atoms with E-state index in [1.807, 2.05) is 24.3 Å². The Morgan fingerprint density at radius 2 is 2.00 bits per heavy atom. The molecule has 0 fully saturated rings. The van der Waals surface area contributed by atoms with Gasteiger partial charge in [0.2, 0.25) is 0 Å². The number of para-hydroxylation sites is 1. The van der Waals surface area contributed by atoms with Gasteiger partial charge in [0.1, 0.15) is 10.9 Å². The number of rotatable bonds is 2. The Bertz CT molecular complexity index is 881. The summed E-state index contributed by atoms with van der Waals surface area (Å²) in [5, 5.41) is 9.65. The van der Waals surface area contributed by atoms with Crippen LogP contribution in [0.5, 0.6) is 0 Å². The fraction of sp³-hybridized carbons (Fsp3) is 0.133. The van der Waals surface area contributed by atoms with Gasteiger partial charge in [0.15, 0.2) is 0 Å². The summed E-state index contributed by atoms with van der Waals surface area (Å²) in [6.45, 7) is 0. The number of fused-ring (bicyclic) bond motifs is 1. The minimum atomic E-state index is -4.53. The van der Waals surface area contributed by atoms with E-state index in [1.54, 1.807) is 6.07 Å². The van der Waals surface area contributed by atoms with Crippen molar-refractivity contribution in [2.75, 3.05) is 0 Å². The molecule has 3 rings (SSSR count). The van der Waals surface area contributed by atoms with E-state index in [9.17, 15) is 18.4 Å². The summed E-state index contributed by atoms with van der Waals surface area (Å²) in [5.74, 6) is -0.915. The maximum atomic E-state index is 12.7. The highest BCUT2D eigenvalue weighted by Crippen LogP contribution is 2.36. The van der Waals surface area contributed by atoms with Crippen LogP contribution in [0.25, 0.3) is 10.2 Å². The molecule has 0 radical (unpaired) electrons. The number of hydrogen-bond donors (Lipinski definition) is 0. The van der Waals surface area contributed by atoms with Crippen molar-refractivity contribution in [2.24, 2.45) is 0 Å². The molecule has 3 nitrogen and oxygen atoms in total. The van der Waals surface area contributed by atoms with Gasteiger partial charge in [0, 0.05) is 6.20 Å². The molecule has 116 valence electrons. The monoisotopic (exact) mass is 353 g/mol. The summed E-state index contributed by atoms with van der Waals surface area (Å²) < 4.78 is 38.9. The maximum absolute atomic E-state index is 12.7. The SMILES string of the molecule is N#CC(c1nc2ccccc2s1)c1ncc(C(F)(F)F)cc1Cl. The molecule has 0 bridgehead atoms. The molecule has 1 atom stereocenters. The second-order valence-corrected chi connectivity index (χ2v) is 6.14. The summed E-state index contributed by atoms with van der Waals surface area (Å²) in [4.78, 5) is 8.10. The number of nitrogens with zero attached hydrogens (tertiary/aromatic N) is 3. The molecular formula is C15H7ClF3N3S. The van der Waals surface area contributed by atoms with Crippen LogP contribution in [0.3, 0.4) is 0 Å². The van der Waals surface area contributed by atoms with Gasteiger partial charge in [-0.2, -0.15) is 18.4 Å². The molecule has 8 heteroatoms. The lowest BCUT2D eigenvalue weighted by Gasteiger charge is -2.11. The maximum Gasteiger partial charge on any atom is 0.417 e. The predicted octanol–water partition coefficient (Wildman–Crippen LogP) is 5.02. The number of halogens is 4. The lowest BCUT2D eigenvalue weighted by atomic mass is 10.1. The van der Waals surface area contributed by atoms with E-state index in [0.717, 1.165) is 16.3 Å². The molecule has 3 aromatic rings. The van der Waals surface area contributed by atoms with Crippen LogP contribution in [0, 0.1) is 11.3 Å². The number of nitriles is 1. The highest BCUT2D eigenvalue weighted by Gasteiger charge is 2.32. The first kappa shape index (κ1) is 15.7. The average Bonchev–Trinajstić information content (AvgIpc) is 2.92. The van der Waals surface area contributed by atoms with E-state index in [2.05, 4.69) is 9.97 Å². The Morgan fingerprint density at radius 3 is 2.61 bits per heavy atom. The van der Waals surface area contributed by atoms with Crippen molar-refractivity contribution in [2.45, 2.75) is 12.1 Å². The molecule has 0 aliphatic rings. The van der Waals surface area contributed by atoms with Crippen LogP contribution in [-0.2, 0) is 6.18 Å². The van der Waals surface area contributed by atoms with Crippen LogP contribution in [0.1, 0.15) is 22.2 Å². The van der Waals surface area contributed by atoms with E-state index in [-0.39, 0.29) is 10.7 Å². The predicted molar refractivity (Wildman–Crippen MR) is 81.3 cm³/mol. The van der Waals surface area contributed by atoms with E-state index in [1.165, 1.54) is 11.3 Å². The first-order valence-electron chi connectivity index (χ1n) is 6.38. The van der Waals surface area contributed by atoms with Crippen molar-refractivity contribution in [3.8, 4) is 6.07 Å². The molecule has 1 aromatic carbocycles. The molecule has 2 aromatic heterocycles. The zero-order valence-corrected chi connectivity index (χ0v) is 12.9. The van der Waals surface area contributed by atoms with E-state index >= 15 is 0 Å². The van der Waals surface area contributed by atoms with Gasteiger partial charge in [-0.3, -0.25) is 4.98 Å². The van der Waals surface area contributed by atoms with Gasteiger partial charge in [0.25, 0.3) is 0 Å². The Morgan fingerprint density at radius 1 is 1.26 bits per heavy atom. The van der Waals surface area contributed by atoms with Crippen LogP contribution in [-0.4, -0.2) is 9.97 Å². The Hall–Kier alpha value is -2.17. The van der Waals surface area contributed by atoms with Gasteiger partial charge in [0.05, 0.1) is 32.6 Å². The molecular weight excluding hydrogens is 347 g/mol. The summed E-state index contributed by atoms with van der Waals surface area (Å²) in [7, 11) is 0. The topological polar surface area (TPSA) is 49.6 Å². The standard InChI is InChI=1S/C15H7ClF3N3S/c16-10-5-8(15(17,18)19)7-21-13(10)9(6-20)14-22-11-3-1-2-4-12(11)23-14/h1-5,7,9H. The fourth-order valence-corrected chi connectivity index (χ4v) is 3.35. The zero-order valence-electron chi connectivity index (χ0n) is 11.3. The number of aromatic nitrogens is 2. The Balaban J connectivity index is 2.06. The van der Waals surface area contributed by atoms with Gasteiger partial charge in [-0.15, -0.1) is 11.3 Å². The lowest BCUT2D eigenvalue weighted by Crippen LogP contribution is -2.08. The number of benzene rings is 1. The first-order chi connectivity index (χ1) is 10.9. The van der Waals surface area contributed by atoms with Crippen molar-refractivity contribution >= 4 is 33.2 Å². The molecule has 0 N–H and O–H groups in total. The van der Waals surface area contributed by atoms with Crippen LogP contribution >= 0.6 is 22.9 Å². The zero-order chi connectivity index (χ0) is 16.6. The first-order valence-corrected chi connectivity index (χ1v) is 7.57. The van der Waals surface area contributed by atoms with Crippen molar-refractivity contribution < 1.29 is 13.2 Å². The van der Waals surface area contributed by atoms with Crippen molar-refractivity contribution in [1.29, 1.82) is 5.26 Å². The average molecular weight is 354 g/mol. The van der Waals surface area contributed by atoms with Crippen LogP contribution < -0.4 is 0 Å². The number of alkyl halides is 3. The molecule has 0 amide bonds. The highest BCUT2D eigenvalue weighted by molar-refractivity contribution is 7.18. The molecule has 0 saturated heterocycles. The van der Waals surface area contributed by atoms with Gasteiger partial charge in [-0.25, -0.2) is 4.98 Å². The Kier molecular flexibility index (Phi) is 3.96. The van der Waals surface area contributed by atoms with E-state index in [4.69, 9.17) is 11.6 Å². The molecule has 0 spiro atoms. The molecule has 23 heavy (non-hydrogen) atoms. The molecule has 2 heterocycles. The molecule has 1 unspecified atom stereocenters. The van der Waals surface area contributed by atoms with Crippen LogP contribution in [0.2, 0.25) is 5.02 Å². The second kappa shape index (κ2) is 5.80.